The zero-order valence-corrected chi connectivity index (χ0v) is 16.0. The molecule has 5 nitrogen and oxygen atoms in total. The Hall–Kier alpha value is -3.60. The van der Waals surface area contributed by atoms with Crippen LogP contribution in [0.1, 0.15) is 18.4 Å². The fourth-order valence-corrected chi connectivity index (χ4v) is 2.98. The molecule has 0 aliphatic heterocycles. The van der Waals surface area contributed by atoms with Crippen molar-refractivity contribution >= 4 is 17.6 Å². The molecule has 0 fully saturated rings. The lowest BCUT2D eigenvalue weighted by Gasteiger charge is -2.24. The Morgan fingerprint density at radius 1 is 0.828 bits per heavy atom. The molecular formula is C24H23NO4. The van der Waals surface area contributed by atoms with Crippen LogP contribution in [0.15, 0.2) is 91.0 Å². The number of benzene rings is 3. The molecule has 5 heteroatoms. The van der Waals surface area contributed by atoms with E-state index < -0.39 is 12.1 Å². The lowest BCUT2D eigenvalue weighted by atomic mass is 10.1. The third-order valence-corrected chi connectivity index (χ3v) is 4.47. The number of hydrogen-bond donors (Lipinski definition) is 1. The van der Waals surface area contributed by atoms with Crippen LogP contribution in [0.3, 0.4) is 0 Å². The Labute approximate surface area is 170 Å². The van der Waals surface area contributed by atoms with Crippen LogP contribution in [0.25, 0.3) is 0 Å². The highest BCUT2D eigenvalue weighted by Gasteiger charge is 2.23. The van der Waals surface area contributed by atoms with Crippen LogP contribution in [0.2, 0.25) is 0 Å². The molecule has 1 unspecified atom stereocenters. The fourth-order valence-electron chi connectivity index (χ4n) is 2.98. The van der Waals surface area contributed by atoms with E-state index in [0.29, 0.717) is 12.3 Å². The van der Waals surface area contributed by atoms with Gasteiger partial charge in [0.2, 0.25) is 5.91 Å². The SMILES string of the molecule is O=C(O)C(CCC(=O)N(Cc1ccccc1)c1ccccc1)Oc1ccccc1. The van der Waals surface area contributed by atoms with Gasteiger partial charge in [0.15, 0.2) is 6.10 Å². The largest absolute Gasteiger partial charge is 0.479 e. The molecule has 0 radical (unpaired) electrons. The molecule has 29 heavy (non-hydrogen) atoms. The average Bonchev–Trinajstić information content (AvgIpc) is 2.76. The molecule has 3 aromatic rings. The summed E-state index contributed by atoms with van der Waals surface area (Å²) < 4.78 is 5.56. The Kier molecular flexibility index (Phi) is 7.00. The van der Waals surface area contributed by atoms with Gasteiger partial charge in [-0.3, -0.25) is 4.79 Å². The molecule has 1 atom stereocenters. The number of aliphatic carboxylic acids is 1. The number of carbonyl (C=O) groups excluding carboxylic acids is 1. The van der Waals surface area contributed by atoms with Gasteiger partial charge in [-0.1, -0.05) is 66.7 Å². The third kappa shape index (κ3) is 5.94. The van der Waals surface area contributed by atoms with Crippen molar-refractivity contribution in [3.8, 4) is 5.75 Å². The first kappa shape index (κ1) is 20.1. The average molecular weight is 389 g/mol. The van der Waals surface area contributed by atoms with Gasteiger partial charge >= 0.3 is 5.97 Å². The van der Waals surface area contributed by atoms with E-state index in [0.717, 1.165) is 11.3 Å². The zero-order chi connectivity index (χ0) is 20.5. The predicted molar refractivity (Wildman–Crippen MR) is 112 cm³/mol. The Morgan fingerprint density at radius 3 is 1.97 bits per heavy atom. The highest BCUT2D eigenvalue weighted by molar-refractivity contribution is 5.93. The number of carboxylic acids is 1. The van der Waals surface area contributed by atoms with Crippen LogP contribution < -0.4 is 9.64 Å². The molecule has 0 aromatic heterocycles. The summed E-state index contributed by atoms with van der Waals surface area (Å²) in [4.78, 5) is 26.3. The van der Waals surface area contributed by atoms with Gasteiger partial charge in [-0.25, -0.2) is 4.79 Å². The monoisotopic (exact) mass is 389 g/mol. The molecular weight excluding hydrogens is 366 g/mol. The van der Waals surface area contributed by atoms with Crippen LogP contribution in [0, 0.1) is 0 Å². The molecule has 0 heterocycles. The van der Waals surface area contributed by atoms with Gasteiger partial charge in [0, 0.05) is 18.5 Å². The normalized spacial score (nSPS) is 11.4. The standard InChI is InChI=1S/C24H23NO4/c26-23(17-16-22(24(27)28)29-21-14-8-3-9-15-21)25(20-12-6-2-7-13-20)18-19-10-4-1-5-11-19/h1-15,22H,16-18H2,(H,27,28). The van der Waals surface area contributed by atoms with Crippen molar-refractivity contribution in [1.29, 1.82) is 0 Å². The molecule has 0 aliphatic carbocycles. The van der Waals surface area contributed by atoms with E-state index in [9.17, 15) is 14.7 Å². The number of rotatable bonds is 9. The van der Waals surface area contributed by atoms with E-state index in [-0.39, 0.29) is 18.7 Å². The van der Waals surface area contributed by atoms with E-state index >= 15 is 0 Å². The van der Waals surface area contributed by atoms with Gasteiger partial charge in [-0.2, -0.15) is 0 Å². The molecule has 0 saturated carbocycles. The molecule has 1 amide bonds. The van der Waals surface area contributed by atoms with Crippen LogP contribution in [-0.4, -0.2) is 23.1 Å². The van der Waals surface area contributed by atoms with E-state index in [1.54, 1.807) is 29.2 Å². The van der Waals surface area contributed by atoms with Gasteiger partial charge < -0.3 is 14.7 Å². The minimum absolute atomic E-state index is 0.0610. The maximum absolute atomic E-state index is 13.0. The van der Waals surface area contributed by atoms with Crippen LogP contribution in [0.4, 0.5) is 5.69 Å². The highest BCUT2D eigenvalue weighted by atomic mass is 16.5. The topological polar surface area (TPSA) is 66.8 Å². The third-order valence-electron chi connectivity index (χ3n) is 4.47. The maximum atomic E-state index is 13.0. The van der Waals surface area contributed by atoms with Crippen molar-refractivity contribution in [3.05, 3.63) is 96.6 Å². The second-order valence-electron chi connectivity index (χ2n) is 6.60. The number of amides is 1. The van der Waals surface area contributed by atoms with Crippen molar-refractivity contribution in [1.82, 2.24) is 0 Å². The molecule has 3 aromatic carbocycles. The van der Waals surface area contributed by atoms with E-state index in [4.69, 9.17) is 4.74 Å². The summed E-state index contributed by atoms with van der Waals surface area (Å²) in [5.41, 5.74) is 1.78. The summed E-state index contributed by atoms with van der Waals surface area (Å²) in [6, 6.07) is 27.9. The minimum Gasteiger partial charge on any atom is -0.479 e. The first-order chi connectivity index (χ1) is 14.1. The van der Waals surface area contributed by atoms with E-state index in [1.165, 1.54) is 0 Å². The predicted octanol–water partition coefficient (Wildman–Crippen LogP) is 4.53. The van der Waals surface area contributed by atoms with Crippen molar-refractivity contribution in [2.24, 2.45) is 0 Å². The maximum Gasteiger partial charge on any atom is 0.344 e. The first-order valence-electron chi connectivity index (χ1n) is 9.47. The summed E-state index contributed by atoms with van der Waals surface area (Å²) in [6.07, 6.45) is -0.942. The van der Waals surface area contributed by atoms with Crippen LogP contribution in [-0.2, 0) is 16.1 Å². The lowest BCUT2D eigenvalue weighted by Crippen LogP contribution is -2.33. The molecule has 0 saturated heterocycles. The number of carbonyl (C=O) groups is 2. The van der Waals surface area contributed by atoms with Gasteiger partial charge in [-0.05, 0) is 29.8 Å². The van der Waals surface area contributed by atoms with Gasteiger partial charge in [0.1, 0.15) is 5.75 Å². The summed E-state index contributed by atoms with van der Waals surface area (Å²) in [5.74, 6) is -0.768. The highest BCUT2D eigenvalue weighted by Crippen LogP contribution is 2.20. The molecule has 3 rings (SSSR count). The lowest BCUT2D eigenvalue weighted by molar-refractivity contribution is -0.145. The Balaban J connectivity index is 1.70. The van der Waals surface area contributed by atoms with Gasteiger partial charge in [0.05, 0.1) is 6.54 Å². The Morgan fingerprint density at radius 2 is 1.38 bits per heavy atom. The van der Waals surface area contributed by atoms with Crippen LogP contribution in [0.5, 0.6) is 5.75 Å². The quantitative estimate of drug-likeness (QED) is 0.584. The van der Waals surface area contributed by atoms with E-state index in [1.807, 2.05) is 66.7 Å². The number of ether oxygens (including phenoxy) is 1. The zero-order valence-electron chi connectivity index (χ0n) is 16.0. The van der Waals surface area contributed by atoms with Crippen molar-refractivity contribution in [3.63, 3.8) is 0 Å². The second kappa shape index (κ2) is 10.1. The number of hydrogen-bond acceptors (Lipinski definition) is 3. The number of anilines is 1. The summed E-state index contributed by atoms with van der Waals surface area (Å²) in [7, 11) is 0. The van der Waals surface area contributed by atoms with Gasteiger partial charge in [-0.15, -0.1) is 0 Å². The molecule has 0 bridgehead atoms. The second-order valence-corrected chi connectivity index (χ2v) is 6.60. The summed E-state index contributed by atoms with van der Waals surface area (Å²) >= 11 is 0. The summed E-state index contributed by atoms with van der Waals surface area (Å²) in [5, 5.41) is 9.49. The molecule has 0 spiro atoms. The number of carboxylic acid groups (broad SMARTS) is 1. The van der Waals surface area contributed by atoms with Crippen molar-refractivity contribution < 1.29 is 19.4 Å². The smallest absolute Gasteiger partial charge is 0.344 e. The number of nitrogens with zero attached hydrogens (tertiary/aromatic N) is 1. The molecule has 0 aliphatic rings. The minimum atomic E-state index is -1.09. The van der Waals surface area contributed by atoms with Crippen molar-refractivity contribution in [2.45, 2.75) is 25.5 Å². The van der Waals surface area contributed by atoms with Gasteiger partial charge in [0.25, 0.3) is 0 Å². The first-order valence-corrected chi connectivity index (χ1v) is 9.47. The molecule has 148 valence electrons. The van der Waals surface area contributed by atoms with Crippen molar-refractivity contribution in [2.75, 3.05) is 4.90 Å². The molecule has 1 N–H and O–H groups in total. The van der Waals surface area contributed by atoms with E-state index in [2.05, 4.69) is 0 Å². The number of para-hydroxylation sites is 2. The van der Waals surface area contributed by atoms with Crippen LogP contribution >= 0.6 is 0 Å². The Bertz CT molecular complexity index is 913. The summed E-state index contributed by atoms with van der Waals surface area (Å²) in [6.45, 7) is 0.418. The fraction of sp³-hybridized carbons (Fsp3) is 0.167.